The molecule has 1 fully saturated rings. The first-order valence-corrected chi connectivity index (χ1v) is 8.88. The summed E-state index contributed by atoms with van der Waals surface area (Å²) < 4.78 is 5.37. The summed E-state index contributed by atoms with van der Waals surface area (Å²) in [4.78, 5) is 32.6. The molecule has 1 saturated heterocycles. The highest BCUT2D eigenvalue weighted by atomic mass is 16.5. The fourth-order valence-electron chi connectivity index (χ4n) is 3.48. The third kappa shape index (κ3) is 3.26. The second-order valence-electron chi connectivity index (χ2n) is 6.82. The van der Waals surface area contributed by atoms with Gasteiger partial charge in [-0.15, -0.1) is 0 Å². The molecule has 2 amide bonds. The summed E-state index contributed by atoms with van der Waals surface area (Å²) in [6.07, 6.45) is 0. The number of rotatable bonds is 4. The number of fused-ring (bicyclic) bond motifs is 1. The summed E-state index contributed by atoms with van der Waals surface area (Å²) in [7, 11) is 3.21. The zero-order chi connectivity index (χ0) is 18.8. The number of carbonyl (C=O) groups excluding carboxylic acids is 2. The normalized spacial score (nSPS) is 18.3. The standard InChI is InChI=1S/C19H26N4O3/c1-12(2)22-8-9-23(16(11-22)18(24)20-3)19(25)15-10-13-14(21-15)6-5-7-17(13)26-4/h5-7,10,12,16,21H,8-9,11H2,1-4H3,(H,20,24). The molecule has 3 rings (SSSR count). The van der Waals surface area contributed by atoms with Crippen LogP contribution < -0.4 is 10.1 Å². The van der Waals surface area contributed by atoms with Crippen LogP contribution >= 0.6 is 0 Å². The maximum atomic E-state index is 13.1. The van der Waals surface area contributed by atoms with Crippen LogP contribution in [0.15, 0.2) is 24.3 Å². The average molecular weight is 358 g/mol. The van der Waals surface area contributed by atoms with Gasteiger partial charge in [0.05, 0.1) is 7.11 Å². The molecule has 140 valence electrons. The van der Waals surface area contributed by atoms with Crippen molar-refractivity contribution in [2.75, 3.05) is 33.8 Å². The summed E-state index contributed by atoms with van der Waals surface area (Å²) >= 11 is 0. The van der Waals surface area contributed by atoms with Gasteiger partial charge < -0.3 is 19.9 Å². The van der Waals surface area contributed by atoms with Gasteiger partial charge in [-0.1, -0.05) is 6.07 Å². The largest absolute Gasteiger partial charge is 0.496 e. The molecule has 1 aromatic heterocycles. The molecule has 0 saturated carbocycles. The van der Waals surface area contributed by atoms with E-state index in [1.165, 1.54) is 0 Å². The second-order valence-corrected chi connectivity index (χ2v) is 6.82. The number of aromatic nitrogens is 1. The SMILES string of the molecule is CNC(=O)C1CN(C(C)C)CCN1C(=O)c1cc2c(OC)cccc2[nH]1. The van der Waals surface area contributed by atoms with Crippen molar-refractivity contribution in [2.24, 2.45) is 0 Å². The third-order valence-corrected chi connectivity index (χ3v) is 5.03. The van der Waals surface area contributed by atoms with Gasteiger partial charge in [0.15, 0.2) is 0 Å². The minimum Gasteiger partial charge on any atom is -0.496 e. The highest BCUT2D eigenvalue weighted by molar-refractivity contribution is 6.01. The molecule has 0 bridgehead atoms. The highest BCUT2D eigenvalue weighted by Crippen LogP contribution is 2.27. The smallest absolute Gasteiger partial charge is 0.271 e. The maximum absolute atomic E-state index is 13.1. The Labute approximate surface area is 153 Å². The lowest BCUT2D eigenvalue weighted by Crippen LogP contribution is -2.61. The van der Waals surface area contributed by atoms with Crippen molar-refractivity contribution in [1.29, 1.82) is 0 Å². The Morgan fingerprint density at radius 3 is 2.73 bits per heavy atom. The van der Waals surface area contributed by atoms with Crippen molar-refractivity contribution in [1.82, 2.24) is 20.1 Å². The number of hydrogen-bond donors (Lipinski definition) is 2. The van der Waals surface area contributed by atoms with Gasteiger partial charge in [-0.05, 0) is 32.0 Å². The number of methoxy groups -OCH3 is 1. The predicted molar refractivity (Wildman–Crippen MR) is 100 cm³/mol. The fraction of sp³-hybridized carbons (Fsp3) is 0.474. The molecular weight excluding hydrogens is 332 g/mol. The van der Waals surface area contributed by atoms with E-state index in [-0.39, 0.29) is 11.8 Å². The quantitative estimate of drug-likeness (QED) is 0.867. The zero-order valence-electron chi connectivity index (χ0n) is 15.7. The number of carbonyl (C=O) groups is 2. The van der Waals surface area contributed by atoms with Gasteiger partial charge in [-0.2, -0.15) is 0 Å². The number of amides is 2. The fourth-order valence-corrected chi connectivity index (χ4v) is 3.48. The molecule has 0 spiro atoms. The molecule has 2 N–H and O–H groups in total. The molecule has 7 heteroatoms. The Kier molecular flexibility index (Phi) is 5.18. The molecule has 1 aliphatic heterocycles. The van der Waals surface area contributed by atoms with Crippen molar-refractivity contribution < 1.29 is 14.3 Å². The number of nitrogens with zero attached hydrogens (tertiary/aromatic N) is 2. The number of aromatic amines is 1. The van der Waals surface area contributed by atoms with Crippen molar-refractivity contribution in [2.45, 2.75) is 25.9 Å². The lowest BCUT2D eigenvalue weighted by Gasteiger charge is -2.41. The van der Waals surface area contributed by atoms with Crippen LogP contribution in [0.1, 0.15) is 24.3 Å². The Hall–Kier alpha value is -2.54. The van der Waals surface area contributed by atoms with Gasteiger partial charge in [0.1, 0.15) is 17.5 Å². The topological polar surface area (TPSA) is 77.7 Å². The van der Waals surface area contributed by atoms with Gasteiger partial charge in [0, 0.05) is 43.6 Å². The van der Waals surface area contributed by atoms with Gasteiger partial charge in [0.25, 0.3) is 5.91 Å². The predicted octanol–water partition coefficient (Wildman–Crippen LogP) is 1.46. The number of benzene rings is 1. The summed E-state index contributed by atoms with van der Waals surface area (Å²) in [5.41, 5.74) is 1.31. The van der Waals surface area contributed by atoms with Crippen LogP contribution in [-0.2, 0) is 4.79 Å². The zero-order valence-corrected chi connectivity index (χ0v) is 15.7. The summed E-state index contributed by atoms with van der Waals surface area (Å²) in [5, 5.41) is 3.54. The lowest BCUT2D eigenvalue weighted by molar-refractivity contribution is -0.127. The van der Waals surface area contributed by atoms with Crippen LogP contribution in [0.4, 0.5) is 0 Å². The molecule has 2 heterocycles. The Morgan fingerprint density at radius 2 is 2.08 bits per heavy atom. The molecule has 1 aromatic carbocycles. The monoisotopic (exact) mass is 358 g/mol. The number of nitrogens with one attached hydrogen (secondary N) is 2. The van der Waals surface area contributed by atoms with Crippen molar-refractivity contribution in [3.8, 4) is 5.75 Å². The molecule has 0 aliphatic carbocycles. The average Bonchev–Trinajstić information content (AvgIpc) is 3.10. The molecule has 7 nitrogen and oxygen atoms in total. The molecule has 26 heavy (non-hydrogen) atoms. The number of piperazine rings is 1. The van der Waals surface area contributed by atoms with Crippen LogP contribution in [0, 0.1) is 0 Å². The Bertz CT molecular complexity index is 814. The van der Waals surface area contributed by atoms with Crippen molar-refractivity contribution in [3.05, 3.63) is 30.0 Å². The highest BCUT2D eigenvalue weighted by Gasteiger charge is 2.36. The molecule has 1 unspecified atom stereocenters. The van der Waals surface area contributed by atoms with Crippen molar-refractivity contribution >= 4 is 22.7 Å². The third-order valence-electron chi connectivity index (χ3n) is 5.03. The first-order valence-electron chi connectivity index (χ1n) is 8.88. The van der Waals surface area contributed by atoms with E-state index in [0.29, 0.717) is 30.6 Å². The summed E-state index contributed by atoms with van der Waals surface area (Å²) in [6.45, 7) is 6.00. The Morgan fingerprint density at radius 1 is 1.31 bits per heavy atom. The molecular formula is C19H26N4O3. The van der Waals surface area contributed by atoms with Gasteiger partial charge >= 0.3 is 0 Å². The number of ether oxygens (including phenoxy) is 1. The van der Waals surface area contributed by atoms with Crippen LogP contribution in [0.25, 0.3) is 10.9 Å². The number of hydrogen-bond acceptors (Lipinski definition) is 4. The van der Waals surface area contributed by atoms with E-state index < -0.39 is 6.04 Å². The minimum atomic E-state index is -0.503. The van der Waals surface area contributed by atoms with Crippen LogP contribution in [0.5, 0.6) is 5.75 Å². The van der Waals surface area contributed by atoms with E-state index in [2.05, 4.69) is 29.0 Å². The van der Waals surface area contributed by atoms with E-state index in [4.69, 9.17) is 4.74 Å². The minimum absolute atomic E-state index is 0.141. The molecule has 2 aromatic rings. The number of likely N-dealkylation sites (N-methyl/N-ethyl adjacent to an activating group) is 1. The van der Waals surface area contributed by atoms with E-state index in [9.17, 15) is 9.59 Å². The van der Waals surface area contributed by atoms with E-state index in [1.807, 2.05) is 18.2 Å². The molecule has 1 atom stereocenters. The van der Waals surface area contributed by atoms with Crippen LogP contribution in [-0.4, -0.2) is 72.5 Å². The Balaban J connectivity index is 1.91. The first-order chi connectivity index (χ1) is 12.5. The van der Waals surface area contributed by atoms with Crippen LogP contribution in [0.2, 0.25) is 0 Å². The molecule has 0 radical (unpaired) electrons. The molecule has 1 aliphatic rings. The van der Waals surface area contributed by atoms with E-state index in [1.54, 1.807) is 25.1 Å². The summed E-state index contributed by atoms with van der Waals surface area (Å²) in [5.74, 6) is 0.405. The van der Waals surface area contributed by atoms with Crippen molar-refractivity contribution in [3.63, 3.8) is 0 Å². The van der Waals surface area contributed by atoms with Gasteiger partial charge in [-0.25, -0.2) is 0 Å². The van der Waals surface area contributed by atoms with Gasteiger partial charge in [-0.3, -0.25) is 14.5 Å². The maximum Gasteiger partial charge on any atom is 0.271 e. The van der Waals surface area contributed by atoms with Gasteiger partial charge in [0.2, 0.25) is 5.91 Å². The van der Waals surface area contributed by atoms with E-state index in [0.717, 1.165) is 17.4 Å². The van der Waals surface area contributed by atoms with E-state index >= 15 is 0 Å². The lowest BCUT2D eigenvalue weighted by atomic mass is 10.1. The number of H-pyrrole nitrogens is 1. The summed E-state index contributed by atoms with van der Waals surface area (Å²) in [6, 6.07) is 7.27. The first kappa shape index (κ1) is 18.3. The van der Waals surface area contributed by atoms with Crippen LogP contribution in [0.3, 0.4) is 0 Å². The second kappa shape index (κ2) is 7.37.